The lowest BCUT2D eigenvalue weighted by Gasteiger charge is -2.42. The van der Waals surface area contributed by atoms with Gasteiger partial charge in [0.25, 0.3) is 0 Å². The van der Waals surface area contributed by atoms with Crippen molar-refractivity contribution in [2.45, 2.75) is 71.3 Å². The molecule has 0 spiro atoms. The van der Waals surface area contributed by atoms with Crippen LogP contribution < -0.4 is 0 Å². The number of hydrogen-bond acceptors (Lipinski definition) is 8. The molecular weight excluding hydrogens is 466 g/mol. The molecule has 2 aliphatic heterocycles. The lowest BCUT2D eigenvalue weighted by Crippen LogP contribution is -2.55. The van der Waals surface area contributed by atoms with Crippen LogP contribution in [0.25, 0.3) is 0 Å². The lowest BCUT2D eigenvalue weighted by molar-refractivity contribution is -0.144. The average molecular weight is 516 g/mol. The Hall–Kier alpha value is -1.30. The zero-order chi connectivity index (χ0) is 26.9. The van der Waals surface area contributed by atoms with Crippen LogP contribution in [-0.4, -0.2) is 134 Å². The summed E-state index contributed by atoms with van der Waals surface area (Å²) >= 11 is 0. The minimum absolute atomic E-state index is 0.0208. The molecular formula is C26H49N3O7. The van der Waals surface area contributed by atoms with Crippen LogP contribution in [0.2, 0.25) is 0 Å². The Labute approximate surface area is 216 Å². The summed E-state index contributed by atoms with van der Waals surface area (Å²) in [5, 5.41) is 21.0. The van der Waals surface area contributed by atoms with E-state index in [0.29, 0.717) is 45.4 Å². The van der Waals surface area contributed by atoms with Crippen LogP contribution in [0, 0.1) is 11.3 Å². The van der Waals surface area contributed by atoms with Crippen molar-refractivity contribution in [3.8, 4) is 0 Å². The molecule has 0 aliphatic carbocycles. The van der Waals surface area contributed by atoms with E-state index in [1.54, 1.807) is 4.90 Å². The van der Waals surface area contributed by atoms with Crippen LogP contribution >= 0.6 is 0 Å². The van der Waals surface area contributed by atoms with Gasteiger partial charge in [-0.2, -0.15) is 0 Å². The monoisotopic (exact) mass is 515 g/mol. The molecule has 2 saturated heterocycles. The second-order valence-electron chi connectivity index (χ2n) is 11.4. The molecule has 0 saturated carbocycles. The maximum atomic E-state index is 13.6. The van der Waals surface area contributed by atoms with Crippen molar-refractivity contribution in [1.29, 1.82) is 0 Å². The van der Waals surface area contributed by atoms with Crippen molar-refractivity contribution in [1.82, 2.24) is 14.7 Å². The van der Waals surface area contributed by atoms with Crippen LogP contribution in [0.5, 0.6) is 0 Å². The molecule has 210 valence electrons. The van der Waals surface area contributed by atoms with E-state index in [1.165, 1.54) is 14.0 Å². The van der Waals surface area contributed by atoms with Crippen LogP contribution in [-0.2, 0) is 23.8 Å². The van der Waals surface area contributed by atoms with Crippen LogP contribution in [0.4, 0.5) is 0 Å². The fraction of sp³-hybridized carbons (Fsp3) is 0.923. The third kappa shape index (κ3) is 9.54. The maximum absolute atomic E-state index is 13.6. The number of carbonyl (C=O) groups is 2. The van der Waals surface area contributed by atoms with Crippen molar-refractivity contribution < 1.29 is 34.0 Å². The van der Waals surface area contributed by atoms with Gasteiger partial charge in [-0.3, -0.25) is 14.5 Å². The van der Waals surface area contributed by atoms with Gasteiger partial charge >= 0.3 is 0 Å². The number of carbonyl (C=O) groups excluding carboxylic acids is 2. The first-order valence-corrected chi connectivity index (χ1v) is 13.2. The molecule has 0 unspecified atom stereocenters. The first kappa shape index (κ1) is 30.9. The van der Waals surface area contributed by atoms with E-state index in [0.717, 1.165) is 25.8 Å². The summed E-state index contributed by atoms with van der Waals surface area (Å²) in [6.45, 7) is 11.8. The largest absolute Gasteiger partial charge is 0.388 e. The third-order valence-electron chi connectivity index (χ3n) is 7.04. The Kier molecular flexibility index (Phi) is 12.5. The first-order valence-electron chi connectivity index (χ1n) is 13.2. The number of aliphatic hydroxyl groups excluding tert-OH is 2. The Balaban J connectivity index is 2.26. The molecule has 0 radical (unpaired) electrons. The Morgan fingerprint density at radius 1 is 1.17 bits per heavy atom. The normalized spacial score (nSPS) is 28.6. The molecule has 0 aromatic carbocycles. The highest BCUT2D eigenvalue weighted by Gasteiger charge is 2.36. The zero-order valence-electron chi connectivity index (χ0n) is 23.1. The number of amides is 2. The molecule has 0 bridgehead atoms. The Morgan fingerprint density at radius 2 is 1.86 bits per heavy atom. The van der Waals surface area contributed by atoms with E-state index in [9.17, 15) is 19.8 Å². The van der Waals surface area contributed by atoms with Crippen molar-refractivity contribution in [3.05, 3.63) is 0 Å². The van der Waals surface area contributed by atoms with Crippen molar-refractivity contribution >= 4 is 11.8 Å². The third-order valence-corrected chi connectivity index (χ3v) is 7.04. The van der Waals surface area contributed by atoms with Gasteiger partial charge in [0.1, 0.15) is 18.3 Å². The summed E-state index contributed by atoms with van der Waals surface area (Å²) in [4.78, 5) is 31.9. The molecule has 2 fully saturated rings. The van der Waals surface area contributed by atoms with E-state index in [4.69, 9.17) is 14.2 Å². The van der Waals surface area contributed by atoms with Crippen LogP contribution in [0.15, 0.2) is 0 Å². The average Bonchev–Trinajstić information content (AvgIpc) is 2.77. The van der Waals surface area contributed by atoms with Gasteiger partial charge in [0, 0.05) is 58.3 Å². The second kappa shape index (κ2) is 14.6. The van der Waals surface area contributed by atoms with E-state index in [2.05, 4.69) is 25.7 Å². The molecule has 2 amide bonds. The predicted octanol–water partition coefficient (Wildman–Crippen LogP) is 0.594. The van der Waals surface area contributed by atoms with E-state index in [-0.39, 0.29) is 36.4 Å². The summed E-state index contributed by atoms with van der Waals surface area (Å²) in [5.41, 5.74) is 0.0777. The molecule has 2 N–H and O–H groups in total. The highest BCUT2D eigenvalue weighted by atomic mass is 16.5. The highest BCUT2D eigenvalue weighted by molar-refractivity contribution is 5.79. The summed E-state index contributed by atoms with van der Waals surface area (Å²) < 4.78 is 16.4. The van der Waals surface area contributed by atoms with Crippen LogP contribution in [0.3, 0.4) is 0 Å². The van der Waals surface area contributed by atoms with Gasteiger partial charge in [-0.05, 0) is 32.2 Å². The summed E-state index contributed by atoms with van der Waals surface area (Å²) in [6, 6.07) is -0.180. The Morgan fingerprint density at radius 3 is 2.42 bits per heavy atom. The number of likely N-dealkylation sites (N-methyl/N-ethyl adjacent to an activating group) is 1. The van der Waals surface area contributed by atoms with Crippen molar-refractivity contribution in [2.75, 3.05) is 73.3 Å². The number of aliphatic hydroxyl groups is 2. The fourth-order valence-electron chi connectivity index (χ4n) is 5.09. The Bertz CT molecular complexity index is 688. The SMILES string of the molecule is CO[C@@H]1CN(C(C)=O)C[C@@H](CC(C)C)N(C(=O)CN(C)CC2(C)COC2)CCCCOC[C@@H](O)[C@H]1O. The van der Waals surface area contributed by atoms with Gasteiger partial charge in [0.15, 0.2) is 0 Å². The van der Waals surface area contributed by atoms with E-state index >= 15 is 0 Å². The highest BCUT2D eigenvalue weighted by Crippen LogP contribution is 2.27. The molecule has 2 rings (SSSR count). The van der Waals surface area contributed by atoms with E-state index in [1.807, 2.05) is 11.9 Å². The minimum Gasteiger partial charge on any atom is -0.388 e. The quantitative estimate of drug-likeness (QED) is 0.507. The van der Waals surface area contributed by atoms with Crippen LogP contribution in [0.1, 0.15) is 47.0 Å². The molecule has 36 heavy (non-hydrogen) atoms. The summed E-state index contributed by atoms with van der Waals surface area (Å²) in [5.74, 6) is 0.191. The van der Waals surface area contributed by atoms with Gasteiger partial charge in [0.05, 0.1) is 26.4 Å². The fourth-order valence-corrected chi connectivity index (χ4v) is 5.09. The molecule has 0 aromatic heterocycles. The molecule has 2 aliphatic rings. The lowest BCUT2D eigenvalue weighted by atomic mass is 9.88. The van der Waals surface area contributed by atoms with Gasteiger partial charge in [-0.15, -0.1) is 0 Å². The van der Waals surface area contributed by atoms with Gasteiger partial charge in [-0.1, -0.05) is 20.8 Å². The first-order chi connectivity index (χ1) is 17.0. The molecule has 10 nitrogen and oxygen atoms in total. The number of methoxy groups -OCH3 is 1. The minimum atomic E-state index is -1.20. The predicted molar refractivity (Wildman–Crippen MR) is 136 cm³/mol. The number of rotatable bonds is 7. The second-order valence-corrected chi connectivity index (χ2v) is 11.4. The van der Waals surface area contributed by atoms with Crippen molar-refractivity contribution in [3.63, 3.8) is 0 Å². The zero-order valence-corrected chi connectivity index (χ0v) is 23.1. The number of hydrogen-bond donors (Lipinski definition) is 2. The number of nitrogens with zero attached hydrogens (tertiary/aromatic N) is 3. The van der Waals surface area contributed by atoms with Gasteiger partial charge in [-0.25, -0.2) is 0 Å². The summed E-state index contributed by atoms with van der Waals surface area (Å²) in [6.07, 6.45) is -0.896. The van der Waals surface area contributed by atoms with Crippen molar-refractivity contribution in [2.24, 2.45) is 11.3 Å². The molecule has 4 atom stereocenters. The topological polar surface area (TPSA) is 112 Å². The van der Waals surface area contributed by atoms with E-state index < -0.39 is 18.3 Å². The smallest absolute Gasteiger partial charge is 0.237 e. The maximum Gasteiger partial charge on any atom is 0.237 e. The molecule has 0 aromatic rings. The summed E-state index contributed by atoms with van der Waals surface area (Å²) in [7, 11) is 3.42. The van der Waals surface area contributed by atoms with Gasteiger partial charge in [0.2, 0.25) is 11.8 Å². The van der Waals surface area contributed by atoms with Gasteiger partial charge < -0.3 is 34.2 Å². The molecule has 10 heteroatoms. The standard InChI is InChI=1S/C26H49N3O7/c1-19(2)11-21-12-28(20(3)30)13-23(34-6)25(33)22(31)15-35-10-8-7-9-29(21)24(32)14-27(5)16-26(4)17-36-18-26/h19,21-23,25,31,33H,7-18H2,1-6H3/t21-,22-,23-,25-/m1/s1. The number of ether oxygens (including phenoxy) is 3. The molecule has 2 heterocycles.